The van der Waals surface area contributed by atoms with Crippen LogP contribution >= 0.6 is 12.4 Å². The van der Waals surface area contributed by atoms with Crippen molar-refractivity contribution in [2.45, 2.75) is 6.18 Å². The molecule has 0 bridgehead atoms. The van der Waals surface area contributed by atoms with Crippen LogP contribution in [0.5, 0.6) is 0 Å². The van der Waals surface area contributed by atoms with Crippen molar-refractivity contribution in [2.24, 2.45) is 0 Å². The lowest BCUT2D eigenvalue weighted by atomic mass is 10.3. The van der Waals surface area contributed by atoms with Gasteiger partial charge in [0.05, 0.1) is 11.9 Å². The van der Waals surface area contributed by atoms with Crippen molar-refractivity contribution < 1.29 is 13.2 Å². The number of anilines is 1. The van der Waals surface area contributed by atoms with E-state index in [9.17, 15) is 13.2 Å². The minimum absolute atomic E-state index is 0. The first kappa shape index (κ1) is 13.3. The van der Waals surface area contributed by atoms with E-state index < -0.39 is 17.6 Å². The molecule has 0 atom stereocenters. The molecule has 0 spiro atoms. The van der Waals surface area contributed by atoms with Gasteiger partial charge in [0.2, 0.25) is 0 Å². The third-order valence-electron chi connectivity index (χ3n) is 1.93. The van der Waals surface area contributed by atoms with Crippen LogP contribution in [0.3, 0.4) is 0 Å². The molecule has 2 rings (SSSR count). The molecule has 0 fully saturated rings. The van der Waals surface area contributed by atoms with E-state index in [2.05, 4.69) is 10.1 Å². The monoisotopic (exact) mass is 264 g/mol. The van der Waals surface area contributed by atoms with E-state index in [0.29, 0.717) is 4.68 Å². The van der Waals surface area contributed by atoms with E-state index in [1.165, 1.54) is 12.3 Å². The average molecular weight is 265 g/mol. The molecule has 0 radical (unpaired) electrons. The summed E-state index contributed by atoms with van der Waals surface area (Å²) < 4.78 is 38.7. The first-order chi connectivity index (χ1) is 7.50. The van der Waals surface area contributed by atoms with E-state index >= 15 is 0 Å². The SMILES string of the molecule is Cl.Nc1cnn(-c2ccccn2)c1C(F)(F)F. The van der Waals surface area contributed by atoms with Gasteiger partial charge in [-0.05, 0) is 12.1 Å². The third kappa shape index (κ3) is 2.50. The normalized spacial score (nSPS) is 11.0. The number of nitrogen functional groups attached to an aromatic ring is 1. The summed E-state index contributed by atoms with van der Waals surface area (Å²) in [5.74, 6) is 0.0755. The van der Waals surface area contributed by atoms with Gasteiger partial charge in [-0.15, -0.1) is 12.4 Å². The second-order valence-electron chi connectivity index (χ2n) is 3.05. The van der Waals surface area contributed by atoms with E-state index in [-0.39, 0.29) is 18.2 Å². The van der Waals surface area contributed by atoms with Gasteiger partial charge in [0.15, 0.2) is 11.5 Å². The van der Waals surface area contributed by atoms with Crippen LogP contribution in [0.4, 0.5) is 18.9 Å². The Morgan fingerprint density at radius 2 is 1.94 bits per heavy atom. The number of alkyl halides is 3. The van der Waals surface area contributed by atoms with Crippen LogP contribution in [-0.2, 0) is 6.18 Å². The summed E-state index contributed by atoms with van der Waals surface area (Å²) in [7, 11) is 0. The molecular formula is C9H8ClF3N4. The smallest absolute Gasteiger partial charge is 0.396 e. The fourth-order valence-corrected chi connectivity index (χ4v) is 1.30. The number of rotatable bonds is 1. The molecule has 0 unspecified atom stereocenters. The van der Waals surface area contributed by atoms with Crippen molar-refractivity contribution in [1.82, 2.24) is 14.8 Å². The molecule has 0 saturated heterocycles. The maximum absolute atomic E-state index is 12.7. The Morgan fingerprint density at radius 3 is 2.47 bits per heavy atom. The predicted molar refractivity (Wildman–Crippen MR) is 58.0 cm³/mol. The van der Waals surface area contributed by atoms with Crippen LogP contribution in [0, 0.1) is 0 Å². The molecule has 92 valence electrons. The minimum atomic E-state index is -4.56. The first-order valence-electron chi connectivity index (χ1n) is 4.32. The second kappa shape index (κ2) is 4.62. The number of hydrogen-bond acceptors (Lipinski definition) is 3. The van der Waals surface area contributed by atoms with Crippen molar-refractivity contribution in [3.05, 3.63) is 36.3 Å². The average Bonchev–Trinajstić information content (AvgIpc) is 2.61. The molecule has 0 saturated carbocycles. The van der Waals surface area contributed by atoms with E-state index in [4.69, 9.17) is 5.73 Å². The molecule has 0 aliphatic rings. The van der Waals surface area contributed by atoms with Crippen molar-refractivity contribution >= 4 is 18.1 Å². The largest absolute Gasteiger partial charge is 0.435 e. The van der Waals surface area contributed by atoms with Gasteiger partial charge >= 0.3 is 6.18 Å². The highest BCUT2D eigenvalue weighted by Crippen LogP contribution is 2.34. The maximum atomic E-state index is 12.7. The highest BCUT2D eigenvalue weighted by atomic mass is 35.5. The molecule has 8 heteroatoms. The predicted octanol–water partition coefficient (Wildman–Crippen LogP) is 2.29. The fourth-order valence-electron chi connectivity index (χ4n) is 1.30. The Kier molecular flexibility index (Phi) is 3.62. The number of nitrogens with zero attached hydrogens (tertiary/aromatic N) is 3. The molecule has 0 amide bonds. The second-order valence-corrected chi connectivity index (χ2v) is 3.05. The number of nitrogens with two attached hydrogens (primary N) is 1. The topological polar surface area (TPSA) is 56.7 Å². The van der Waals surface area contributed by atoms with Crippen LogP contribution in [0.2, 0.25) is 0 Å². The Hall–Kier alpha value is -1.76. The lowest BCUT2D eigenvalue weighted by Crippen LogP contribution is -2.15. The number of pyridine rings is 1. The van der Waals surface area contributed by atoms with Gasteiger partial charge in [0, 0.05) is 6.20 Å². The Balaban J connectivity index is 0.00000144. The lowest BCUT2D eigenvalue weighted by molar-refractivity contribution is -0.142. The van der Waals surface area contributed by atoms with Crippen molar-refractivity contribution in [2.75, 3.05) is 5.73 Å². The molecule has 0 aromatic carbocycles. The van der Waals surface area contributed by atoms with Crippen molar-refractivity contribution in [3.8, 4) is 5.82 Å². The molecule has 0 aliphatic carbocycles. The summed E-state index contributed by atoms with van der Waals surface area (Å²) in [4.78, 5) is 3.78. The van der Waals surface area contributed by atoms with Gasteiger partial charge in [-0.3, -0.25) is 0 Å². The Morgan fingerprint density at radius 1 is 1.24 bits per heavy atom. The molecule has 2 N–H and O–H groups in total. The lowest BCUT2D eigenvalue weighted by Gasteiger charge is -2.10. The van der Waals surface area contributed by atoms with Crippen LogP contribution in [0.15, 0.2) is 30.6 Å². The van der Waals surface area contributed by atoms with Gasteiger partial charge in [0.25, 0.3) is 0 Å². The van der Waals surface area contributed by atoms with Crippen LogP contribution in [0.25, 0.3) is 5.82 Å². The molecule has 2 aromatic rings. The highest BCUT2D eigenvalue weighted by Gasteiger charge is 2.38. The molecular weight excluding hydrogens is 257 g/mol. The zero-order valence-electron chi connectivity index (χ0n) is 8.35. The van der Waals surface area contributed by atoms with E-state index in [0.717, 1.165) is 6.20 Å². The van der Waals surface area contributed by atoms with Crippen LogP contribution in [0.1, 0.15) is 5.69 Å². The molecule has 0 aliphatic heterocycles. The van der Waals surface area contributed by atoms with Crippen LogP contribution in [-0.4, -0.2) is 14.8 Å². The first-order valence-corrected chi connectivity index (χ1v) is 4.32. The summed E-state index contributed by atoms with van der Waals surface area (Å²) in [5.41, 5.74) is 3.81. The number of hydrogen-bond donors (Lipinski definition) is 1. The fraction of sp³-hybridized carbons (Fsp3) is 0.111. The van der Waals surface area contributed by atoms with Crippen molar-refractivity contribution in [3.63, 3.8) is 0 Å². The Bertz CT molecular complexity index is 495. The molecule has 17 heavy (non-hydrogen) atoms. The molecule has 4 nitrogen and oxygen atoms in total. The standard InChI is InChI=1S/C9H7F3N4.ClH/c10-9(11,12)8-6(13)5-15-16(8)7-3-1-2-4-14-7;/h1-5H,13H2;1H. The van der Waals surface area contributed by atoms with Gasteiger partial charge in [-0.2, -0.15) is 18.3 Å². The number of halogens is 4. The summed E-state index contributed by atoms with van der Waals surface area (Å²) in [5, 5.41) is 3.56. The van der Waals surface area contributed by atoms with Gasteiger partial charge in [0.1, 0.15) is 0 Å². The maximum Gasteiger partial charge on any atom is 0.435 e. The van der Waals surface area contributed by atoms with E-state index in [1.807, 2.05) is 0 Å². The Labute approximate surface area is 101 Å². The number of aromatic nitrogens is 3. The van der Waals surface area contributed by atoms with E-state index in [1.54, 1.807) is 12.1 Å². The minimum Gasteiger partial charge on any atom is -0.396 e. The zero-order valence-corrected chi connectivity index (χ0v) is 9.16. The summed E-state index contributed by atoms with van der Waals surface area (Å²) in [6.45, 7) is 0. The molecule has 2 aromatic heterocycles. The molecule has 2 heterocycles. The van der Waals surface area contributed by atoms with Crippen LogP contribution < -0.4 is 5.73 Å². The third-order valence-corrected chi connectivity index (χ3v) is 1.93. The summed E-state index contributed by atoms with van der Waals surface area (Å²) in [6.07, 6.45) is -2.22. The zero-order chi connectivity index (χ0) is 11.8. The van der Waals surface area contributed by atoms with Crippen molar-refractivity contribution in [1.29, 1.82) is 0 Å². The van der Waals surface area contributed by atoms with Gasteiger partial charge in [-0.1, -0.05) is 6.07 Å². The summed E-state index contributed by atoms with van der Waals surface area (Å²) >= 11 is 0. The van der Waals surface area contributed by atoms with Gasteiger partial charge in [-0.25, -0.2) is 9.67 Å². The van der Waals surface area contributed by atoms with Gasteiger partial charge < -0.3 is 5.73 Å². The summed E-state index contributed by atoms with van der Waals surface area (Å²) in [6, 6.07) is 4.59. The quantitative estimate of drug-likeness (QED) is 0.860. The highest BCUT2D eigenvalue weighted by molar-refractivity contribution is 5.85.